The summed E-state index contributed by atoms with van der Waals surface area (Å²) in [7, 11) is 0. The van der Waals surface area contributed by atoms with Gasteiger partial charge >= 0.3 is 0 Å². The average Bonchev–Trinajstić information content (AvgIpc) is 2.98. The number of nitrogens with zero attached hydrogens (tertiary/aromatic N) is 1. The summed E-state index contributed by atoms with van der Waals surface area (Å²) in [6, 6.07) is 9.99. The zero-order valence-electron chi connectivity index (χ0n) is 11.1. The number of rotatable bonds is 3. The van der Waals surface area contributed by atoms with Gasteiger partial charge in [0.1, 0.15) is 5.75 Å². The van der Waals surface area contributed by atoms with Crippen molar-refractivity contribution in [2.24, 2.45) is 0 Å². The Balaban J connectivity index is 2.02. The molecule has 0 radical (unpaired) electrons. The van der Waals surface area contributed by atoms with Gasteiger partial charge in [-0.05, 0) is 35.2 Å². The van der Waals surface area contributed by atoms with Gasteiger partial charge in [-0.2, -0.15) is 0 Å². The number of aromatic hydroxyl groups is 1. The fraction of sp³-hybridized carbons (Fsp3) is 0.333. The maximum absolute atomic E-state index is 9.83. The van der Waals surface area contributed by atoms with E-state index in [-0.39, 0.29) is 6.04 Å². The molecule has 0 saturated carbocycles. The Hall–Kier alpha value is -0.880. The van der Waals surface area contributed by atoms with Gasteiger partial charge in [0.2, 0.25) is 0 Å². The Bertz CT molecular complexity index is 567. The number of piperazine rings is 1. The Kier molecular flexibility index (Phi) is 4.41. The molecule has 1 aromatic carbocycles. The SMILES string of the molecule is Oc1ccc(Br)c([C@@H](c2cccs2)N2CCNCC2)c1. The van der Waals surface area contributed by atoms with Gasteiger partial charge in [-0.25, -0.2) is 0 Å². The highest BCUT2D eigenvalue weighted by Gasteiger charge is 2.26. The van der Waals surface area contributed by atoms with Crippen LogP contribution in [-0.4, -0.2) is 36.2 Å². The minimum Gasteiger partial charge on any atom is -0.508 e. The van der Waals surface area contributed by atoms with Crippen LogP contribution < -0.4 is 5.32 Å². The summed E-state index contributed by atoms with van der Waals surface area (Å²) in [6.45, 7) is 4.06. The second-order valence-electron chi connectivity index (χ2n) is 4.91. The first kappa shape index (κ1) is 14.1. The predicted molar refractivity (Wildman–Crippen MR) is 86.4 cm³/mol. The van der Waals surface area contributed by atoms with Crippen LogP contribution in [0.2, 0.25) is 0 Å². The molecule has 3 rings (SSSR count). The molecule has 20 heavy (non-hydrogen) atoms. The van der Waals surface area contributed by atoms with Crippen molar-refractivity contribution in [1.29, 1.82) is 0 Å². The number of phenols is 1. The van der Waals surface area contributed by atoms with Crippen molar-refractivity contribution in [3.63, 3.8) is 0 Å². The molecule has 2 aromatic rings. The molecule has 2 N–H and O–H groups in total. The van der Waals surface area contributed by atoms with Crippen molar-refractivity contribution < 1.29 is 5.11 Å². The van der Waals surface area contributed by atoms with E-state index in [4.69, 9.17) is 0 Å². The van der Waals surface area contributed by atoms with Crippen molar-refractivity contribution in [3.8, 4) is 5.75 Å². The maximum Gasteiger partial charge on any atom is 0.116 e. The largest absolute Gasteiger partial charge is 0.508 e. The number of thiophene rings is 1. The van der Waals surface area contributed by atoms with Crippen molar-refractivity contribution in [2.45, 2.75) is 6.04 Å². The summed E-state index contributed by atoms with van der Waals surface area (Å²) in [4.78, 5) is 3.79. The van der Waals surface area contributed by atoms with Crippen LogP contribution in [0.3, 0.4) is 0 Å². The van der Waals surface area contributed by atoms with Crippen molar-refractivity contribution in [2.75, 3.05) is 26.2 Å². The van der Waals surface area contributed by atoms with Crippen LogP contribution in [0.15, 0.2) is 40.2 Å². The fourth-order valence-electron chi connectivity index (χ4n) is 2.66. The second-order valence-corrected chi connectivity index (χ2v) is 6.74. The minimum atomic E-state index is 0.207. The lowest BCUT2D eigenvalue weighted by Crippen LogP contribution is -2.45. The van der Waals surface area contributed by atoms with Crippen LogP contribution in [0.25, 0.3) is 0 Å². The van der Waals surface area contributed by atoms with Crippen LogP contribution in [0.5, 0.6) is 5.75 Å². The lowest BCUT2D eigenvalue weighted by molar-refractivity contribution is 0.200. The maximum atomic E-state index is 9.83. The van der Waals surface area contributed by atoms with Gasteiger partial charge in [-0.3, -0.25) is 4.90 Å². The third-order valence-corrected chi connectivity index (χ3v) is 5.25. The first-order chi connectivity index (χ1) is 9.75. The van der Waals surface area contributed by atoms with Crippen molar-refractivity contribution in [3.05, 3.63) is 50.6 Å². The molecule has 0 aliphatic carbocycles. The lowest BCUT2D eigenvalue weighted by atomic mass is 10.0. The second kappa shape index (κ2) is 6.26. The van der Waals surface area contributed by atoms with Crippen molar-refractivity contribution in [1.82, 2.24) is 10.2 Å². The van der Waals surface area contributed by atoms with E-state index in [1.54, 1.807) is 17.4 Å². The molecular weight excluding hydrogens is 336 g/mol. The molecule has 0 spiro atoms. The molecule has 2 heterocycles. The first-order valence-corrected chi connectivity index (χ1v) is 8.39. The summed E-state index contributed by atoms with van der Waals surface area (Å²) < 4.78 is 1.05. The number of benzene rings is 1. The Labute approximate surface area is 131 Å². The Morgan fingerprint density at radius 3 is 2.75 bits per heavy atom. The third kappa shape index (κ3) is 2.91. The Morgan fingerprint density at radius 2 is 2.05 bits per heavy atom. The molecule has 1 aliphatic rings. The van der Waals surface area contributed by atoms with Crippen LogP contribution in [0.4, 0.5) is 0 Å². The normalized spacial score (nSPS) is 18.1. The first-order valence-electron chi connectivity index (χ1n) is 6.72. The molecule has 1 atom stereocenters. The molecular formula is C15H17BrN2OS. The van der Waals surface area contributed by atoms with Crippen molar-refractivity contribution >= 4 is 27.3 Å². The molecule has 0 unspecified atom stereocenters. The molecule has 3 nitrogen and oxygen atoms in total. The van der Waals surface area contributed by atoms with Crippen LogP contribution in [0, 0.1) is 0 Å². The molecule has 1 aliphatic heterocycles. The van der Waals surface area contributed by atoms with E-state index in [9.17, 15) is 5.11 Å². The highest BCUT2D eigenvalue weighted by atomic mass is 79.9. The van der Waals surface area contributed by atoms with Gasteiger partial charge in [0, 0.05) is 35.5 Å². The van der Waals surface area contributed by atoms with Gasteiger partial charge < -0.3 is 10.4 Å². The number of hydrogen-bond acceptors (Lipinski definition) is 4. The van der Waals surface area contributed by atoms with Crippen LogP contribution in [-0.2, 0) is 0 Å². The smallest absolute Gasteiger partial charge is 0.116 e. The number of halogens is 1. The van der Waals surface area contributed by atoms with E-state index in [1.807, 2.05) is 12.1 Å². The molecule has 0 bridgehead atoms. The summed E-state index contributed by atoms with van der Waals surface area (Å²) in [5, 5.41) is 15.3. The minimum absolute atomic E-state index is 0.207. The van der Waals surface area contributed by atoms with E-state index in [0.717, 1.165) is 36.2 Å². The highest BCUT2D eigenvalue weighted by molar-refractivity contribution is 9.10. The van der Waals surface area contributed by atoms with Crippen LogP contribution in [0.1, 0.15) is 16.5 Å². The zero-order chi connectivity index (χ0) is 13.9. The van der Waals surface area contributed by atoms with E-state index < -0.39 is 0 Å². The van der Waals surface area contributed by atoms with E-state index in [0.29, 0.717) is 5.75 Å². The highest BCUT2D eigenvalue weighted by Crippen LogP contribution is 2.37. The van der Waals surface area contributed by atoms with Gasteiger partial charge in [-0.15, -0.1) is 11.3 Å². The molecule has 5 heteroatoms. The number of phenolic OH excluding ortho intramolecular Hbond substituents is 1. The molecule has 1 saturated heterocycles. The molecule has 106 valence electrons. The van der Waals surface area contributed by atoms with Gasteiger partial charge in [-0.1, -0.05) is 22.0 Å². The van der Waals surface area contributed by atoms with Gasteiger partial charge in [0.15, 0.2) is 0 Å². The van der Waals surface area contributed by atoms with E-state index >= 15 is 0 Å². The predicted octanol–water partition coefficient (Wildman–Crippen LogP) is 3.21. The van der Waals surface area contributed by atoms with E-state index in [1.165, 1.54) is 4.88 Å². The fourth-order valence-corrected chi connectivity index (χ4v) is 4.00. The van der Waals surface area contributed by atoms with Gasteiger partial charge in [0.25, 0.3) is 0 Å². The monoisotopic (exact) mass is 352 g/mol. The lowest BCUT2D eigenvalue weighted by Gasteiger charge is -2.35. The zero-order valence-corrected chi connectivity index (χ0v) is 13.5. The average molecular weight is 353 g/mol. The Morgan fingerprint density at radius 1 is 1.25 bits per heavy atom. The third-order valence-electron chi connectivity index (χ3n) is 3.60. The molecule has 1 fully saturated rings. The quantitative estimate of drug-likeness (QED) is 0.890. The summed E-state index contributed by atoms with van der Waals surface area (Å²) in [5.74, 6) is 0.319. The van der Waals surface area contributed by atoms with E-state index in [2.05, 4.69) is 43.7 Å². The summed E-state index contributed by atoms with van der Waals surface area (Å²) in [6.07, 6.45) is 0. The standard InChI is InChI=1S/C15H17BrN2OS/c16-13-4-3-11(19)10-12(13)15(14-2-1-9-20-14)18-7-5-17-6-8-18/h1-4,9-10,15,17,19H,5-8H2/t15-/m0/s1. The number of hydrogen-bond donors (Lipinski definition) is 2. The summed E-state index contributed by atoms with van der Waals surface area (Å²) >= 11 is 5.40. The molecule has 1 aromatic heterocycles. The number of nitrogens with one attached hydrogen (secondary N) is 1. The van der Waals surface area contributed by atoms with Crippen LogP contribution >= 0.6 is 27.3 Å². The summed E-state index contributed by atoms with van der Waals surface area (Å²) in [5.41, 5.74) is 1.13. The topological polar surface area (TPSA) is 35.5 Å². The molecule has 0 amide bonds. The van der Waals surface area contributed by atoms with Gasteiger partial charge in [0.05, 0.1) is 6.04 Å².